The molecule has 112 valence electrons. The van der Waals surface area contributed by atoms with Crippen molar-refractivity contribution in [2.45, 2.75) is 57.7 Å². The molecular weight excluding hydrogens is 269 g/mol. The minimum atomic E-state index is -5.84. The summed E-state index contributed by atoms with van der Waals surface area (Å²) in [6.45, 7) is 3.29. The Morgan fingerprint density at radius 2 is 1.63 bits per heavy atom. The molecule has 0 atom stereocenters. The Morgan fingerprint density at radius 3 is 2.00 bits per heavy atom. The summed E-state index contributed by atoms with van der Waals surface area (Å²) in [4.78, 5) is 12.3. The Balaban J connectivity index is 2.93. The van der Waals surface area contributed by atoms with Gasteiger partial charge in [0.15, 0.2) is 0 Å². The molecule has 19 heavy (non-hydrogen) atoms. The van der Waals surface area contributed by atoms with Crippen LogP contribution < -0.4 is 0 Å². The maximum absolute atomic E-state index is 13.2. The van der Waals surface area contributed by atoms with Gasteiger partial charge in [-0.1, -0.05) is 26.7 Å². The molecule has 1 amide bonds. The minimum Gasteiger partial charge on any atom is -0.334 e. The van der Waals surface area contributed by atoms with Crippen LogP contribution in [0.5, 0.6) is 0 Å². The molecule has 1 aliphatic rings. The normalized spacial score (nSPS) is 18.1. The third kappa shape index (κ3) is 3.57. The predicted molar refractivity (Wildman–Crippen MR) is 59.8 cm³/mol. The second-order valence-corrected chi connectivity index (χ2v) is 5.36. The van der Waals surface area contributed by atoms with Gasteiger partial charge >= 0.3 is 18.0 Å². The number of carbonyl (C=O) groups is 1. The van der Waals surface area contributed by atoms with Crippen LogP contribution in [-0.2, 0) is 4.79 Å². The van der Waals surface area contributed by atoms with E-state index in [-0.39, 0.29) is 12.5 Å². The van der Waals surface area contributed by atoms with Crippen LogP contribution in [0.1, 0.15) is 39.5 Å². The van der Waals surface area contributed by atoms with Crippen molar-refractivity contribution in [2.24, 2.45) is 5.92 Å². The second kappa shape index (κ2) is 5.63. The molecule has 7 heteroatoms. The number of hydrogen-bond acceptors (Lipinski definition) is 1. The van der Waals surface area contributed by atoms with Crippen LogP contribution in [0.2, 0.25) is 0 Å². The SMILES string of the molecule is CC(C)CN(C(=O)C(F)(F)C(F)(F)F)C1CCCC1. The molecule has 0 bridgehead atoms. The molecule has 1 saturated carbocycles. The van der Waals surface area contributed by atoms with Gasteiger partial charge in [0.2, 0.25) is 0 Å². The number of halogens is 5. The molecule has 0 spiro atoms. The first kappa shape index (κ1) is 16.2. The average Bonchev–Trinajstić information content (AvgIpc) is 2.76. The average molecular weight is 287 g/mol. The second-order valence-electron chi connectivity index (χ2n) is 5.36. The van der Waals surface area contributed by atoms with Crippen LogP contribution in [0.4, 0.5) is 22.0 Å². The lowest BCUT2D eigenvalue weighted by molar-refractivity contribution is -0.275. The molecule has 1 rings (SSSR count). The fourth-order valence-electron chi connectivity index (χ4n) is 2.31. The van der Waals surface area contributed by atoms with Gasteiger partial charge in [0.05, 0.1) is 0 Å². The van der Waals surface area contributed by atoms with Crippen molar-refractivity contribution in [1.29, 1.82) is 0 Å². The fourth-order valence-corrected chi connectivity index (χ4v) is 2.31. The number of rotatable bonds is 4. The highest BCUT2D eigenvalue weighted by Gasteiger charge is 2.65. The lowest BCUT2D eigenvalue weighted by atomic mass is 10.1. The van der Waals surface area contributed by atoms with Gasteiger partial charge in [-0.15, -0.1) is 0 Å². The van der Waals surface area contributed by atoms with E-state index in [1.54, 1.807) is 13.8 Å². The Labute approximate surface area is 108 Å². The summed E-state index contributed by atoms with van der Waals surface area (Å²) in [5.74, 6) is -7.57. The molecule has 0 aliphatic heterocycles. The van der Waals surface area contributed by atoms with E-state index in [0.717, 1.165) is 17.7 Å². The maximum Gasteiger partial charge on any atom is 0.463 e. The molecular formula is C12H18F5NO. The molecule has 0 aromatic heterocycles. The summed E-state index contributed by atoms with van der Waals surface area (Å²) in [5, 5.41) is 0. The van der Waals surface area contributed by atoms with Gasteiger partial charge in [-0.3, -0.25) is 4.79 Å². The van der Waals surface area contributed by atoms with Crippen LogP contribution >= 0.6 is 0 Å². The highest BCUT2D eigenvalue weighted by atomic mass is 19.4. The van der Waals surface area contributed by atoms with Gasteiger partial charge in [0.25, 0.3) is 0 Å². The van der Waals surface area contributed by atoms with E-state index in [1.807, 2.05) is 0 Å². The van der Waals surface area contributed by atoms with Gasteiger partial charge < -0.3 is 4.90 Å². The van der Waals surface area contributed by atoms with E-state index < -0.39 is 24.0 Å². The van der Waals surface area contributed by atoms with Gasteiger partial charge in [-0.25, -0.2) is 0 Å². The number of alkyl halides is 5. The highest BCUT2D eigenvalue weighted by Crippen LogP contribution is 2.38. The molecule has 0 radical (unpaired) electrons. The van der Waals surface area contributed by atoms with Gasteiger partial charge in [0.1, 0.15) is 0 Å². The molecule has 0 heterocycles. The number of amides is 1. The lowest BCUT2D eigenvalue weighted by Crippen LogP contribution is -2.55. The summed E-state index contributed by atoms with van der Waals surface area (Å²) < 4.78 is 63.1. The van der Waals surface area contributed by atoms with E-state index in [2.05, 4.69) is 0 Å². The number of hydrogen-bond donors (Lipinski definition) is 0. The van der Waals surface area contributed by atoms with E-state index >= 15 is 0 Å². The van der Waals surface area contributed by atoms with Gasteiger partial charge in [-0.05, 0) is 18.8 Å². The predicted octanol–water partition coefficient (Wildman–Crippen LogP) is 3.61. The first-order chi connectivity index (χ1) is 8.57. The first-order valence-electron chi connectivity index (χ1n) is 6.33. The zero-order chi connectivity index (χ0) is 14.8. The van der Waals surface area contributed by atoms with E-state index in [4.69, 9.17) is 0 Å². The largest absolute Gasteiger partial charge is 0.463 e. The van der Waals surface area contributed by atoms with Crippen molar-refractivity contribution < 1.29 is 26.7 Å². The van der Waals surface area contributed by atoms with Gasteiger partial charge in [-0.2, -0.15) is 22.0 Å². The Kier molecular flexibility index (Phi) is 4.79. The van der Waals surface area contributed by atoms with Crippen molar-refractivity contribution in [3.8, 4) is 0 Å². The molecule has 0 aromatic carbocycles. The molecule has 1 aliphatic carbocycles. The molecule has 0 saturated heterocycles. The Hall–Kier alpha value is -0.880. The van der Waals surface area contributed by atoms with Crippen molar-refractivity contribution in [3.05, 3.63) is 0 Å². The first-order valence-corrected chi connectivity index (χ1v) is 6.33. The quantitative estimate of drug-likeness (QED) is 0.723. The minimum absolute atomic E-state index is 0.0742. The van der Waals surface area contributed by atoms with Crippen LogP contribution in [-0.4, -0.2) is 35.5 Å². The monoisotopic (exact) mass is 287 g/mol. The van der Waals surface area contributed by atoms with Crippen LogP contribution in [0.25, 0.3) is 0 Å². The smallest absolute Gasteiger partial charge is 0.334 e. The molecule has 2 nitrogen and oxygen atoms in total. The topological polar surface area (TPSA) is 20.3 Å². The zero-order valence-electron chi connectivity index (χ0n) is 10.9. The standard InChI is InChI=1S/C12H18F5NO/c1-8(2)7-18(9-5-3-4-6-9)10(19)11(13,14)12(15,16)17/h8-9H,3-7H2,1-2H3. The third-order valence-electron chi connectivity index (χ3n) is 3.21. The summed E-state index contributed by atoms with van der Waals surface area (Å²) in [5.41, 5.74) is 0. The Morgan fingerprint density at radius 1 is 1.16 bits per heavy atom. The Bertz CT molecular complexity index is 321. The molecule has 0 aromatic rings. The van der Waals surface area contributed by atoms with Gasteiger partial charge in [0, 0.05) is 12.6 Å². The summed E-state index contributed by atoms with van der Waals surface area (Å²) in [6.07, 6.45) is -3.34. The summed E-state index contributed by atoms with van der Waals surface area (Å²) in [7, 11) is 0. The van der Waals surface area contributed by atoms with Crippen LogP contribution in [0, 0.1) is 5.92 Å². The fraction of sp³-hybridized carbons (Fsp3) is 0.917. The summed E-state index contributed by atoms with van der Waals surface area (Å²) >= 11 is 0. The van der Waals surface area contributed by atoms with Crippen molar-refractivity contribution in [1.82, 2.24) is 4.90 Å². The van der Waals surface area contributed by atoms with E-state index in [9.17, 15) is 26.7 Å². The zero-order valence-corrected chi connectivity index (χ0v) is 10.9. The van der Waals surface area contributed by atoms with E-state index in [0.29, 0.717) is 12.8 Å². The van der Waals surface area contributed by atoms with Crippen molar-refractivity contribution >= 4 is 5.91 Å². The third-order valence-corrected chi connectivity index (χ3v) is 3.21. The number of nitrogens with zero attached hydrogens (tertiary/aromatic N) is 1. The van der Waals surface area contributed by atoms with Crippen LogP contribution in [0.15, 0.2) is 0 Å². The molecule has 0 N–H and O–H groups in total. The van der Waals surface area contributed by atoms with Crippen LogP contribution in [0.3, 0.4) is 0 Å². The lowest BCUT2D eigenvalue weighted by Gasteiger charge is -2.33. The molecule has 0 unspecified atom stereocenters. The highest BCUT2D eigenvalue weighted by molar-refractivity contribution is 5.84. The van der Waals surface area contributed by atoms with Crippen molar-refractivity contribution in [3.63, 3.8) is 0 Å². The maximum atomic E-state index is 13.2. The molecule has 1 fully saturated rings. The summed E-state index contributed by atoms with van der Waals surface area (Å²) in [6, 6.07) is -0.497. The van der Waals surface area contributed by atoms with E-state index in [1.165, 1.54) is 0 Å². The number of carbonyl (C=O) groups excluding carboxylic acids is 1. The van der Waals surface area contributed by atoms with Crippen molar-refractivity contribution in [2.75, 3.05) is 6.54 Å².